The lowest BCUT2D eigenvalue weighted by Crippen LogP contribution is -2.55. The lowest BCUT2D eigenvalue weighted by atomic mass is 9.65. The zero-order valence-corrected chi connectivity index (χ0v) is 28.9. The molecule has 246 valence electrons. The third-order valence-electron chi connectivity index (χ3n) is 8.56. The Morgan fingerprint density at radius 2 is 1.27 bits per heavy atom. The summed E-state index contributed by atoms with van der Waals surface area (Å²) >= 11 is 0. The van der Waals surface area contributed by atoms with Crippen LogP contribution in [0.15, 0.2) is 0 Å². The molecule has 1 aliphatic rings. The third-order valence-corrected chi connectivity index (χ3v) is 8.56. The number of aliphatic hydroxyl groups is 3. The zero-order chi connectivity index (χ0) is 32.1. The lowest BCUT2D eigenvalue weighted by Gasteiger charge is -2.48. The summed E-state index contributed by atoms with van der Waals surface area (Å²) in [6, 6.07) is 0. The van der Waals surface area contributed by atoms with Gasteiger partial charge in [0.1, 0.15) is 0 Å². The molecule has 1 fully saturated rings. The van der Waals surface area contributed by atoms with Crippen LogP contribution in [0.4, 0.5) is 0 Å². The smallest absolute Gasteiger partial charge is 0.0745 e. The van der Waals surface area contributed by atoms with Crippen molar-refractivity contribution in [1.29, 1.82) is 0 Å². The summed E-state index contributed by atoms with van der Waals surface area (Å²) < 4.78 is 32.4. The summed E-state index contributed by atoms with van der Waals surface area (Å²) in [4.78, 5) is 0. The molecule has 0 aromatic rings. The average molecular weight is 591 g/mol. The molecule has 41 heavy (non-hydrogen) atoms. The normalized spacial score (nSPS) is 23.2. The van der Waals surface area contributed by atoms with Gasteiger partial charge in [-0.15, -0.1) is 0 Å². The average Bonchev–Trinajstić information content (AvgIpc) is 3.21. The number of hydrogen-bond acceptors (Lipinski definition) is 8. The molecule has 1 heterocycles. The van der Waals surface area contributed by atoms with Crippen LogP contribution in [-0.4, -0.2) is 94.2 Å². The van der Waals surface area contributed by atoms with Gasteiger partial charge < -0.3 is 39.0 Å². The van der Waals surface area contributed by atoms with Crippen molar-refractivity contribution >= 4 is 0 Å². The van der Waals surface area contributed by atoms with Gasteiger partial charge in [0.25, 0.3) is 0 Å². The Morgan fingerprint density at radius 1 is 0.756 bits per heavy atom. The molecule has 1 saturated heterocycles. The topological polar surface area (TPSA) is 107 Å². The molecule has 0 amide bonds. The standard InChI is InChI=1S/C33H66O8/c1-15-38-30(7,8)20-24(31(9,10)39-18-16-28(3,4)35)27-26(33(13,14)41-21-23(2)34)25(22-37-27)32(11,12)40-19-17-29(5,6)36/h23-27,34-36H,15-22H2,1-14H3. The van der Waals surface area contributed by atoms with Crippen LogP contribution in [0.2, 0.25) is 0 Å². The molecule has 5 unspecified atom stereocenters. The van der Waals surface area contributed by atoms with Gasteiger partial charge >= 0.3 is 0 Å². The lowest BCUT2D eigenvalue weighted by molar-refractivity contribution is -0.175. The van der Waals surface area contributed by atoms with Crippen molar-refractivity contribution in [2.24, 2.45) is 17.8 Å². The SMILES string of the molecule is CCOC(C)(C)CC(C1OCC(C(C)(C)OCCC(C)(C)O)C1C(C)(C)OCC(C)O)C(C)(C)OCCC(C)(C)O. The van der Waals surface area contributed by atoms with E-state index in [1.54, 1.807) is 34.6 Å². The van der Waals surface area contributed by atoms with Crippen molar-refractivity contribution in [3.63, 3.8) is 0 Å². The third kappa shape index (κ3) is 13.1. The Bertz CT molecular complexity index is 760. The minimum absolute atomic E-state index is 0.0248. The van der Waals surface area contributed by atoms with Crippen LogP contribution in [0.3, 0.4) is 0 Å². The molecule has 8 heteroatoms. The maximum atomic E-state index is 10.3. The zero-order valence-electron chi connectivity index (χ0n) is 28.9. The first-order chi connectivity index (χ1) is 18.3. The number of hydrogen-bond donors (Lipinski definition) is 3. The van der Waals surface area contributed by atoms with Gasteiger partial charge in [-0.25, -0.2) is 0 Å². The van der Waals surface area contributed by atoms with E-state index in [4.69, 9.17) is 23.7 Å². The van der Waals surface area contributed by atoms with Gasteiger partial charge in [-0.1, -0.05) is 0 Å². The molecular weight excluding hydrogens is 524 g/mol. The quantitative estimate of drug-likeness (QED) is 0.180. The van der Waals surface area contributed by atoms with Crippen LogP contribution in [-0.2, 0) is 23.7 Å². The first kappa shape index (κ1) is 38.7. The summed E-state index contributed by atoms with van der Waals surface area (Å²) in [6.45, 7) is 29.8. The first-order valence-corrected chi connectivity index (χ1v) is 15.6. The minimum Gasteiger partial charge on any atom is -0.391 e. The molecule has 0 radical (unpaired) electrons. The molecule has 3 N–H and O–H groups in total. The maximum absolute atomic E-state index is 10.3. The maximum Gasteiger partial charge on any atom is 0.0745 e. The highest BCUT2D eigenvalue weighted by molar-refractivity contribution is 5.06. The monoisotopic (exact) mass is 590 g/mol. The second-order valence-electron chi connectivity index (χ2n) is 15.7. The van der Waals surface area contributed by atoms with E-state index in [2.05, 4.69) is 55.4 Å². The first-order valence-electron chi connectivity index (χ1n) is 15.6. The summed E-state index contributed by atoms with van der Waals surface area (Å²) in [5.41, 5.74) is -3.90. The van der Waals surface area contributed by atoms with E-state index in [-0.39, 0.29) is 30.5 Å². The van der Waals surface area contributed by atoms with E-state index in [0.717, 1.165) is 0 Å². The van der Waals surface area contributed by atoms with Gasteiger partial charge in [-0.05, 0) is 116 Å². The van der Waals surface area contributed by atoms with E-state index < -0.39 is 39.7 Å². The Labute approximate surface area is 251 Å². The van der Waals surface area contributed by atoms with Crippen LogP contribution in [0.1, 0.15) is 116 Å². The van der Waals surface area contributed by atoms with Gasteiger partial charge in [0.2, 0.25) is 0 Å². The van der Waals surface area contributed by atoms with E-state index in [1.807, 2.05) is 6.92 Å². The largest absolute Gasteiger partial charge is 0.391 e. The molecule has 0 bridgehead atoms. The van der Waals surface area contributed by atoms with Gasteiger partial charge in [-0.2, -0.15) is 0 Å². The van der Waals surface area contributed by atoms with Crippen molar-refractivity contribution in [3.8, 4) is 0 Å². The Hall–Kier alpha value is -0.320. The summed E-state index contributed by atoms with van der Waals surface area (Å²) in [5, 5.41) is 30.7. The van der Waals surface area contributed by atoms with Crippen molar-refractivity contribution in [1.82, 2.24) is 0 Å². The molecule has 0 aliphatic carbocycles. The predicted octanol–water partition coefficient (Wildman–Crippen LogP) is 5.53. The fraction of sp³-hybridized carbons (Fsp3) is 1.00. The van der Waals surface area contributed by atoms with Crippen LogP contribution in [0, 0.1) is 17.8 Å². The van der Waals surface area contributed by atoms with Crippen molar-refractivity contribution < 1.29 is 39.0 Å². The summed E-state index contributed by atoms with van der Waals surface area (Å²) in [6.07, 6.45) is 0.877. The second kappa shape index (κ2) is 14.6. The fourth-order valence-corrected chi connectivity index (χ4v) is 6.04. The second-order valence-corrected chi connectivity index (χ2v) is 15.7. The van der Waals surface area contributed by atoms with Crippen molar-refractivity contribution in [2.75, 3.05) is 33.0 Å². The Balaban J connectivity index is 3.53. The molecule has 0 aromatic carbocycles. The van der Waals surface area contributed by atoms with Crippen molar-refractivity contribution in [3.05, 3.63) is 0 Å². The van der Waals surface area contributed by atoms with Crippen LogP contribution in [0.5, 0.6) is 0 Å². The molecule has 5 atom stereocenters. The molecular formula is C33H66O8. The molecule has 0 spiro atoms. The Morgan fingerprint density at radius 3 is 1.73 bits per heavy atom. The highest BCUT2D eigenvalue weighted by Gasteiger charge is 2.57. The Kier molecular flexibility index (Phi) is 13.8. The number of aliphatic hydroxyl groups excluding tert-OH is 1. The molecule has 0 saturated carbocycles. The van der Waals surface area contributed by atoms with Gasteiger partial charge in [-0.3, -0.25) is 0 Å². The molecule has 8 nitrogen and oxygen atoms in total. The predicted molar refractivity (Wildman–Crippen MR) is 164 cm³/mol. The molecule has 1 rings (SSSR count). The van der Waals surface area contributed by atoms with Gasteiger partial charge in [0, 0.05) is 24.4 Å². The minimum atomic E-state index is -0.824. The van der Waals surface area contributed by atoms with E-state index in [0.29, 0.717) is 45.7 Å². The van der Waals surface area contributed by atoms with E-state index in [9.17, 15) is 15.3 Å². The summed E-state index contributed by atoms with van der Waals surface area (Å²) in [5.74, 6) is -0.205. The molecule has 0 aromatic heterocycles. The van der Waals surface area contributed by atoms with Crippen LogP contribution >= 0.6 is 0 Å². The van der Waals surface area contributed by atoms with Crippen LogP contribution < -0.4 is 0 Å². The molecule has 1 aliphatic heterocycles. The van der Waals surface area contributed by atoms with Crippen LogP contribution in [0.25, 0.3) is 0 Å². The fourth-order valence-electron chi connectivity index (χ4n) is 6.04. The van der Waals surface area contributed by atoms with Crippen molar-refractivity contribution in [2.45, 2.75) is 162 Å². The highest BCUT2D eigenvalue weighted by atomic mass is 16.5. The van der Waals surface area contributed by atoms with Gasteiger partial charge in [0.15, 0.2) is 0 Å². The van der Waals surface area contributed by atoms with Gasteiger partial charge in [0.05, 0.1) is 72.2 Å². The van der Waals surface area contributed by atoms with E-state index in [1.165, 1.54) is 0 Å². The number of rotatable bonds is 19. The highest BCUT2D eigenvalue weighted by Crippen LogP contribution is 2.50. The summed E-state index contributed by atoms with van der Waals surface area (Å²) in [7, 11) is 0. The van der Waals surface area contributed by atoms with E-state index >= 15 is 0 Å². The number of ether oxygens (including phenoxy) is 5.